The SMILES string of the molecule is Cn1c(=O)c2c(nc(Cl)n2CC(=O)N2CCCC3CCCCC32)n(C)c1=O. The molecule has 1 saturated carbocycles. The van der Waals surface area contributed by atoms with Crippen molar-refractivity contribution in [3.63, 3.8) is 0 Å². The first-order valence-electron chi connectivity index (χ1n) is 9.51. The van der Waals surface area contributed by atoms with Crippen LogP contribution < -0.4 is 11.2 Å². The highest BCUT2D eigenvalue weighted by Crippen LogP contribution is 2.35. The molecule has 2 aromatic rings. The Bertz CT molecular complexity index is 1020. The van der Waals surface area contributed by atoms with Crippen LogP contribution in [0.5, 0.6) is 0 Å². The van der Waals surface area contributed by atoms with Gasteiger partial charge in [0.2, 0.25) is 11.2 Å². The molecule has 2 aromatic heterocycles. The van der Waals surface area contributed by atoms with E-state index in [0.29, 0.717) is 12.0 Å². The zero-order valence-corrected chi connectivity index (χ0v) is 16.4. The quantitative estimate of drug-likeness (QED) is 0.719. The van der Waals surface area contributed by atoms with Crippen molar-refractivity contribution in [2.45, 2.75) is 51.1 Å². The second-order valence-electron chi connectivity index (χ2n) is 7.69. The van der Waals surface area contributed by atoms with Gasteiger partial charge in [-0.2, -0.15) is 4.98 Å². The number of carbonyl (C=O) groups is 1. The largest absolute Gasteiger partial charge is 0.338 e. The molecule has 8 nitrogen and oxygen atoms in total. The minimum absolute atomic E-state index is 0.0357. The summed E-state index contributed by atoms with van der Waals surface area (Å²) >= 11 is 6.25. The third-order valence-corrected chi connectivity index (χ3v) is 6.45. The van der Waals surface area contributed by atoms with Gasteiger partial charge in [-0.1, -0.05) is 12.8 Å². The van der Waals surface area contributed by atoms with Crippen molar-refractivity contribution in [2.24, 2.45) is 20.0 Å². The van der Waals surface area contributed by atoms with Crippen LogP contribution in [0.2, 0.25) is 5.28 Å². The Balaban J connectivity index is 1.71. The average molecular weight is 394 g/mol. The van der Waals surface area contributed by atoms with E-state index in [0.717, 1.165) is 30.4 Å². The summed E-state index contributed by atoms with van der Waals surface area (Å²) in [5.41, 5.74) is -0.569. The van der Waals surface area contributed by atoms with Gasteiger partial charge < -0.3 is 4.90 Å². The molecule has 2 unspecified atom stereocenters. The second kappa shape index (κ2) is 6.82. The van der Waals surface area contributed by atoms with Gasteiger partial charge in [-0.25, -0.2) is 4.79 Å². The monoisotopic (exact) mass is 393 g/mol. The number of carbonyl (C=O) groups excluding carboxylic acids is 1. The lowest BCUT2D eigenvalue weighted by molar-refractivity contribution is -0.138. The number of fused-ring (bicyclic) bond motifs is 2. The molecule has 0 bridgehead atoms. The molecule has 3 heterocycles. The molecule has 1 aliphatic heterocycles. The van der Waals surface area contributed by atoms with E-state index < -0.39 is 11.2 Å². The van der Waals surface area contributed by atoms with Gasteiger partial charge in [-0.05, 0) is 43.2 Å². The smallest absolute Gasteiger partial charge is 0.332 e. The summed E-state index contributed by atoms with van der Waals surface area (Å²) in [5.74, 6) is 0.545. The number of amides is 1. The van der Waals surface area contributed by atoms with Gasteiger partial charge in [0.15, 0.2) is 11.2 Å². The minimum Gasteiger partial charge on any atom is -0.338 e. The van der Waals surface area contributed by atoms with E-state index in [4.69, 9.17) is 11.6 Å². The first-order valence-corrected chi connectivity index (χ1v) is 9.89. The normalized spacial score (nSPS) is 22.9. The van der Waals surface area contributed by atoms with Crippen LogP contribution in [0, 0.1) is 5.92 Å². The Morgan fingerprint density at radius 2 is 1.81 bits per heavy atom. The van der Waals surface area contributed by atoms with Gasteiger partial charge >= 0.3 is 5.69 Å². The minimum atomic E-state index is -0.491. The van der Waals surface area contributed by atoms with Crippen molar-refractivity contribution >= 4 is 28.7 Å². The fourth-order valence-corrected chi connectivity index (χ4v) is 4.95. The van der Waals surface area contributed by atoms with Gasteiger partial charge in [0.05, 0.1) is 0 Å². The summed E-state index contributed by atoms with van der Waals surface area (Å²) < 4.78 is 3.73. The fraction of sp³-hybridized carbons (Fsp3) is 0.667. The van der Waals surface area contributed by atoms with E-state index in [1.165, 1.54) is 42.5 Å². The molecule has 0 N–H and O–H groups in total. The number of aryl methyl sites for hydroxylation is 1. The van der Waals surface area contributed by atoms with Crippen LogP contribution >= 0.6 is 11.6 Å². The molecular formula is C18H24ClN5O3. The maximum Gasteiger partial charge on any atom is 0.332 e. The van der Waals surface area contributed by atoms with Crippen LogP contribution in [-0.2, 0) is 25.4 Å². The number of hydrogen-bond acceptors (Lipinski definition) is 4. The maximum atomic E-state index is 13.1. The standard InChI is InChI=1S/C18H24ClN5O3/c1-21-15-14(16(26)22(2)18(21)27)24(17(19)20-15)10-13(25)23-9-5-7-11-6-3-4-8-12(11)23/h11-12H,3-10H2,1-2H3. The highest BCUT2D eigenvalue weighted by Gasteiger charge is 2.36. The highest BCUT2D eigenvalue weighted by atomic mass is 35.5. The zero-order chi connectivity index (χ0) is 19.3. The van der Waals surface area contributed by atoms with Crippen molar-refractivity contribution in [3.05, 3.63) is 26.1 Å². The summed E-state index contributed by atoms with van der Waals surface area (Å²) in [6.45, 7) is 0.715. The lowest BCUT2D eigenvalue weighted by Crippen LogP contribution is -2.50. The Morgan fingerprint density at radius 1 is 1.11 bits per heavy atom. The topological polar surface area (TPSA) is 82.1 Å². The van der Waals surface area contributed by atoms with Gasteiger partial charge in [0.1, 0.15) is 6.54 Å². The van der Waals surface area contributed by atoms with Crippen LogP contribution in [0.15, 0.2) is 9.59 Å². The van der Waals surface area contributed by atoms with Gasteiger partial charge in [-0.3, -0.25) is 23.3 Å². The summed E-state index contributed by atoms with van der Waals surface area (Å²) in [7, 11) is 2.95. The number of aromatic nitrogens is 4. The third-order valence-electron chi connectivity index (χ3n) is 6.16. The first-order chi connectivity index (χ1) is 12.9. The van der Waals surface area contributed by atoms with Crippen LogP contribution in [0.25, 0.3) is 11.2 Å². The number of halogens is 1. The zero-order valence-electron chi connectivity index (χ0n) is 15.7. The summed E-state index contributed by atoms with van der Waals surface area (Å²) in [6.07, 6.45) is 6.83. The predicted molar refractivity (Wildman–Crippen MR) is 102 cm³/mol. The van der Waals surface area contributed by atoms with E-state index in [-0.39, 0.29) is 28.9 Å². The summed E-state index contributed by atoms with van der Waals surface area (Å²) in [4.78, 5) is 44.0. The van der Waals surface area contributed by atoms with E-state index in [1.54, 1.807) is 0 Å². The molecule has 0 spiro atoms. The molecule has 1 amide bonds. The van der Waals surface area contributed by atoms with Gasteiger partial charge in [-0.15, -0.1) is 0 Å². The highest BCUT2D eigenvalue weighted by molar-refractivity contribution is 6.29. The molecule has 2 atom stereocenters. The van der Waals surface area contributed by atoms with Crippen molar-refractivity contribution in [2.75, 3.05) is 6.54 Å². The van der Waals surface area contributed by atoms with E-state index >= 15 is 0 Å². The molecule has 4 rings (SSSR count). The molecule has 2 fully saturated rings. The van der Waals surface area contributed by atoms with Crippen LogP contribution in [0.3, 0.4) is 0 Å². The lowest BCUT2D eigenvalue weighted by Gasteiger charge is -2.44. The molecule has 1 aliphatic carbocycles. The summed E-state index contributed by atoms with van der Waals surface area (Å²) in [6, 6.07) is 0.292. The Kier molecular flexibility index (Phi) is 4.61. The Labute approximate surface area is 161 Å². The van der Waals surface area contributed by atoms with E-state index in [9.17, 15) is 14.4 Å². The van der Waals surface area contributed by atoms with Crippen LogP contribution in [-0.4, -0.2) is 42.1 Å². The molecule has 2 aliphatic rings. The lowest BCUT2D eigenvalue weighted by atomic mass is 9.78. The third kappa shape index (κ3) is 2.90. The van der Waals surface area contributed by atoms with E-state index in [2.05, 4.69) is 4.98 Å². The molecule has 27 heavy (non-hydrogen) atoms. The van der Waals surface area contributed by atoms with Gasteiger partial charge in [0, 0.05) is 26.7 Å². The molecular weight excluding hydrogens is 370 g/mol. The van der Waals surface area contributed by atoms with Crippen molar-refractivity contribution < 1.29 is 4.79 Å². The molecule has 1 saturated heterocycles. The van der Waals surface area contributed by atoms with Crippen LogP contribution in [0.1, 0.15) is 38.5 Å². The average Bonchev–Trinajstić information content (AvgIpc) is 3.00. The molecule has 0 aromatic carbocycles. The van der Waals surface area contributed by atoms with Gasteiger partial charge in [0.25, 0.3) is 5.56 Å². The Hall–Kier alpha value is -2.09. The van der Waals surface area contributed by atoms with Crippen molar-refractivity contribution in [1.29, 1.82) is 0 Å². The maximum absolute atomic E-state index is 13.1. The number of piperidine rings is 1. The fourth-order valence-electron chi connectivity index (χ4n) is 4.72. The predicted octanol–water partition coefficient (Wildman–Crippen LogP) is 1.27. The van der Waals surface area contributed by atoms with Crippen LogP contribution in [0.4, 0.5) is 0 Å². The number of hydrogen-bond donors (Lipinski definition) is 0. The molecule has 146 valence electrons. The number of nitrogens with zero attached hydrogens (tertiary/aromatic N) is 5. The second-order valence-corrected chi connectivity index (χ2v) is 8.02. The number of rotatable bonds is 2. The first kappa shape index (κ1) is 18.3. The van der Waals surface area contributed by atoms with E-state index in [1.807, 2.05) is 4.90 Å². The molecule has 0 radical (unpaired) electrons. The Morgan fingerprint density at radius 3 is 2.59 bits per heavy atom. The summed E-state index contributed by atoms with van der Waals surface area (Å²) in [5, 5.41) is 0.0499. The van der Waals surface area contributed by atoms with Crippen molar-refractivity contribution in [3.8, 4) is 0 Å². The molecule has 9 heteroatoms. The van der Waals surface area contributed by atoms with Crippen molar-refractivity contribution in [1.82, 2.24) is 23.6 Å². The number of likely N-dealkylation sites (tertiary alicyclic amines) is 1. The number of imidazole rings is 1.